The Hall–Kier alpha value is -1.58. The van der Waals surface area contributed by atoms with Gasteiger partial charge in [-0.05, 0) is 36.4 Å². The minimum absolute atomic E-state index is 0.519. The van der Waals surface area contributed by atoms with E-state index in [1.165, 1.54) is 0 Å². The van der Waals surface area contributed by atoms with Crippen molar-refractivity contribution in [2.45, 2.75) is 20.1 Å². The van der Waals surface area contributed by atoms with Crippen LogP contribution >= 0.6 is 11.6 Å². The summed E-state index contributed by atoms with van der Waals surface area (Å²) >= 11 is 5.83. The van der Waals surface area contributed by atoms with Crippen LogP contribution in [-0.4, -0.2) is 11.5 Å². The first-order chi connectivity index (χ1) is 9.28. The summed E-state index contributed by atoms with van der Waals surface area (Å²) in [6, 6.07) is 11.5. The molecule has 100 valence electrons. The maximum atomic E-state index is 5.83. The Balaban J connectivity index is 1.87. The van der Waals surface area contributed by atoms with Crippen molar-refractivity contribution in [2.24, 2.45) is 0 Å². The molecule has 1 aromatic heterocycles. The number of pyridine rings is 1. The number of benzene rings is 1. The van der Waals surface area contributed by atoms with Crippen LogP contribution in [0, 0.1) is 0 Å². The third-order valence-corrected chi connectivity index (χ3v) is 2.92. The van der Waals surface area contributed by atoms with Gasteiger partial charge in [0, 0.05) is 11.6 Å². The zero-order chi connectivity index (χ0) is 13.5. The Morgan fingerprint density at radius 2 is 1.95 bits per heavy atom. The quantitative estimate of drug-likeness (QED) is 0.878. The van der Waals surface area contributed by atoms with Gasteiger partial charge in [-0.25, -0.2) is 0 Å². The van der Waals surface area contributed by atoms with E-state index in [0.717, 1.165) is 35.1 Å². The van der Waals surface area contributed by atoms with Gasteiger partial charge in [0.15, 0.2) is 0 Å². The Morgan fingerprint density at radius 1 is 1.16 bits per heavy atom. The summed E-state index contributed by atoms with van der Waals surface area (Å²) in [5, 5.41) is 3.97. The van der Waals surface area contributed by atoms with Gasteiger partial charge in [-0.15, -0.1) is 0 Å². The second-order valence-electron chi connectivity index (χ2n) is 4.18. The highest BCUT2D eigenvalue weighted by Gasteiger charge is 1.98. The van der Waals surface area contributed by atoms with Crippen LogP contribution in [0.15, 0.2) is 42.6 Å². The van der Waals surface area contributed by atoms with Crippen LogP contribution in [0.4, 0.5) is 0 Å². The van der Waals surface area contributed by atoms with Gasteiger partial charge in [0.25, 0.3) is 0 Å². The van der Waals surface area contributed by atoms with Crippen LogP contribution in [0.5, 0.6) is 5.75 Å². The van der Waals surface area contributed by atoms with E-state index < -0.39 is 0 Å². The first-order valence-electron chi connectivity index (χ1n) is 6.31. The summed E-state index contributed by atoms with van der Waals surface area (Å²) in [6.45, 7) is 4.32. The summed E-state index contributed by atoms with van der Waals surface area (Å²) in [7, 11) is 0. The molecule has 3 nitrogen and oxygen atoms in total. The molecule has 1 heterocycles. The zero-order valence-electron chi connectivity index (χ0n) is 10.9. The third-order valence-electron chi connectivity index (χ3n) is 2.67. The van der Waals surface area contributed by atoms with E-state index in [1.54, 1.807) is 6.20 Å². The fourth-order valence-corrected chi connectivity index (χ4v) is 1.73. The molecule has 0 saturated carbocycles. The van der Waals surface area contributed by atoms with Gasteiger partial charge in [-0.1, -0.05) is 30.7 Å². The Morgan fingerprint density at radius 3 is 2.58 bits per heavy atom. The van der Waals surface area contributed by atoms with E-state index in [-0.39, 0.29) is 0 Å². The van der Waals surface area contributed by atoms with Crippen LogP contribution in [0.2, 0.25) is 5.02 Å². The summed E-state index contributed by atoms with van der Waals surface area (Å²) in [4.78, 5) is 4.33. The van der Waals surface area contributed by atoms with E-state index in [0.29, 0.717) is 6.61 Å². The summed E-state index contributed by atoms with van der Waals surface area (Å²) < 4.78 is 5.67. The lowest BCUT2D eigenvalue weighted by molar-refractivity contribution is 0.305. The maximum Gasteiger partial charge on any atom is 0.138 e. The lowest BCUT2D eigenvalue weighted by Crippen LogP contribution is -2.12. The van der Waals surface area contributed by atoms with E-state index in [1.807, 2.05) is 36.4 Å². The maximum absolute atomic E-state index is 5.83. The minimum atomic E-state index is 0.519. The monoisotopic (exact) mass is 276 g/mol. The summed E-state index contributed by atoms with van der Waals surface area (Å²) in [5.41, 5.74) is 2.10. The molecule has 0 atom stereocenters. The molecule has 0 aliphatic rings. The molecule has 4 heteroatoms. The Bertz CT molecular complexity index is 497. The van der Waals surface area contributed by atoms with E-state index in [4.69, 9.17) is 16.3 Å². The van der Waals surface area contributed by atoms with E-state index >= 15 is 0 Å². The second kappa shape index (κ2) is 7.12. The molecule has 0 radical (unpaired) electrons. The predicted octanol–water partition coefficient (Wildman–Crippen LogP) is 3.42. The van der Waals surface area contributed by atoms with Crippen molar-refractivity contribution in [1.29, 1.82) is 0 Å². The molecular formula is C15H17ClN2O. The topological polar surface area (TPSA) is 34.1 Å². The van der Waals surface area contributed by atoms with Crippen LogP contribution < -0.4 is 10.1 Å². The highest BCUT2D eigenvalue weighted by Crippen LogP contribution is 2.14. The largest absolute Gasteiger partial charge is 0.487 e. The average molecular weight is 277 g/mol. The molecule has 0 saturated heterocycles. The summed E-state index contributed by atoms with van der Waals surface area (Å²) in [5.74, 6) is 0.773. The van der Waals surface area contributed by atoms with Gasteiger partial charge < -0.3 is 10.1 Å². The van der Waals surface area contributed by atoms with E-state index in [2.05, 4.69) is 17.2 Å². The summed E-state index contributed by atoms with van der Waals surface area (Å²) in [6.07, 6.45) is 1.75. The lowest BCUT2D eigenvalue weighted by Gasteiger charge is -2.07. The van der Waals surface area contributed by atoms with E-state index in [9.17, 15) is 0 Å². The molecule has 19 heavy (non-hydrogen) atoms. The Labute approximate surface area is 118 Å². The van der Waals surface area contributed by atoms with Crippen molar-refractivity contribution in [3.05, 3.63) is 58.9 Å². The van der Waals surface area contributed by atoms with Gasteiger partial charge >= 0.3 is 0 Å². The number of hydrogen-bond donors (Lipinski definition) is 1. The number of halogens is 1. The molecular weight excluding hydrogens is 260 g/mol. The molecule has 0 fully saturated rings. The fourth-order valence-electron chi connectivity index (χ4n) is 1.60. The van der Waals surface area contributed by atoms with Crippen molar-refractivity contribution >= 4 is 11.6 Å². The minimum Gasteiger partial charge on any atom is -0.487 e. The normalized spacial score (nSPS) is 10.4. The van der Waals surface area contributed by atoms with Gasteiger partial charge in [-0.3, -0.25) is 4.98 Å². The van der Waals surface area contributed by atoms with Gasteiger partial charge in [-0.2, -0.15) is 0 Å². The lowest BCUT2D eigenvalue weighted by atomic mass is 10.2. The van der Waals surface area contributed by atoms with Gasteiger partial charge in [0.05, 0.1) is 11.9 Å². The number of rotatable bonds is 6. The number of ether oxygens (including phenoxy) is 1. The molecule has 2 aromatic rings. The van der Waals surface area contributed by atoms with Crippen LogP contribution in [0.25, 0.3) is 0 Å². The highest BCUT2D eigenvalue weighted by molar-refractivity contribution is 6.30. The molecule has 2 rings (SSSR count). The molecule has 0 spiro atoms. The van der Waals surface area contributed by atoms with Crippen LogP contribution in [0.1, 0.15) is 18.2 Å². The van der Waals surface area contributed by atoms with Crippen molar-refractivity contribution in [3.63, 3.8) is 0 Å². The molecule has 0 unspecified atom stereocenters. The number of aromatic nitrogens is 1. The number of hydrogen-bond acceptors (Lipinski definition) is 3. The standard InChI is InChI=1S/C15H17ClN2O/c1-2-17-9-14-7-8-15(10-18-14)19-11-12-3-5-13(16)6-4-12/h3-8,10,17H,2,9,11H2,1H3. The van der Waals surface area contributed by atoms with Crippen molar-refractivity contribution in [1.82, 2.24) is 10.3 Å². The predicted molar refractivity (Wildman–Crippen MR) is 77.4 cm³/mol. The van der Waals surface area contributed by atoms with Crippen molar-refractivity contribution in [3.8, 4) is 5.75 Å². The Kier molecular flexibility index (Phi) is 5.19. The van der Waals surface area contributed by atoms with Crippen LogP contribution in [-0.2, 0) is 13.2 Å². The highest BCUT2D eigenvalue weighted by atomic mass is 35.5. The SMILES string of the molecule is CCNCc1ccc(OCc2ccc(Cl)cc2)cn1. The van der Waals surface area contributed by atoms with Crippen molar-refractivity contribution in [2.75, 3.05) is 6.54 Å². The fraction of sp³-hybridized carbons (Fsp3) is 0.267. The zero-order valence-corrected chi connectivity index (χ0v) is 11.7. The molecule has 0 amide bonds. The van der Waals surface area contributed by atoms with Gasteiger partial charge in [0.1, 0.15) is 12.4 Å². The second-order valence-corrected chi connectivity index (χ2v) is 4.62. The molecule has 0 bridgehead atoms. The van der Waals surface area contributed by atoms with Crippen LogP contribution in [0.3, 0.4) is 0 Å². The molecule has 0 aliphatic carbocycles. The first-order valence-corrected chi connectivity index (χ1v) is 6.68. The van der Waals surface area contributed by atoms with Gasteiger partial charge in [0.2, 0.25) is 0 Å². The third kappa shape index (κ3) is 4.54. The molecule has 1 aromatic carbocycles. The molecule has 1 N–H and O–H groups in total. The first kappa shape index (κ1) is 13.8. The average Bonchev–Trinajstić information content (AvgIpc) is 2.46. The number of nitrogens with one attached hydrogen (secondary N) is 1. The van der Waals surface area contributed by atoms with Crippen molar-refractivity contribution < 1.29 is 4.74 Å². The number of nitrogens with zero attached hydrogens (tertiary/aromatic N) is 1. The smallest absolute Gasteiger partial charge is 0.138 e. The molecule has 0 aliphatic heterocycles.